The molecule has 162 valence electrons. The normalized spacial score (nSPS) is 10.6. The van der Waals surface area contributed by atoms with Crippen molar-refractivity contribution in [3.8, 4) is 45.5 Å². The molecule has 2 aromatic carbocycles. The van der Waals surface area contributed by atoms with Crippen LogP contribution in [0.2, 0.25) is 0 Å². The third-order valence-electron chi connectivity index (χ3n) is 5.30. The number of aryl methyl sites for hydroxylation is 1. The Bertz CT molecular complexity index is 1560. The van der Waals surface area contributed by atoms with Crippen molar-refractivity contribution in [1.29, 1.82) is 5.26 Å². The number of fused-ring (bicyclic) bond motifs is 1. The summed E-state index contributed by atoms with van der Waals surface area (Å²) in [7, 11) is 0. The van der Waals surface area contributed by atoms with Crippen molar-refractivity contribution in [2.75, 3.05) is 0 Å². The molecule has 0 radical (unpaired) electrons. The summed E-state index contributed by atoms with van der Waals surface area (Å²) in [5.74, 6) is -1.27. The van der Waals surface area contributed by atoms with E-state index in [1.807, 2.05) is 6.07 Å². The molecule has 0 bridgehead atoms. The van der Waals surface area contributed by atoms with Gasteiger partial charge in [-0.05, 0) is 61.5 Å². The van der Waals surface area contributed by atoms with Crippen LogP contribution in [-0.4, -0.2) is 76.1 Å². The number of halogens is 2. The maximum absolute atomic E-state index is 14.7. The predicted molar refractivity (Wildman–Crippen MR) is 125 cm³/mol. The molecule has 0 saturated carbocycles. The zero-order chi connectivity index (χ0) is 23.1. The van der Waals surface area contributed by atoms with E-state index in [4.69, 9.17) is 10.2 Å². The number of pyridine rings is 1. The van der Waals surface area contributed by atoms with E-state index in [-0.39, 0.29) is 68.4 Å². The summed E-state index contributed by atoms with van der Waals surface area (Å²) >= 11 is 0. The Labute approximate surface area is 236 Å². The third-order valence-corrected chi connectivity index (χ3v) is 5.30. The number of nitriles is 1. The monoisotopic (exact) mass is 479 g/mol. The Kier molecular flexibility index (Phi) is 6.88. The topological polar surface area (TPSA) is 87.1 Å². The van der Waals surface area contributed by atoms with Crippen LogP contribution in [0.15, 0.2) is 66.9 Å². The molecule has 5 rings (SSSR count). The van der Waals surface area contributed by atoms with Gasteiger partial charge < -0.3 is 5.11 Å². The van der Waals surface area contributed by atoms with Gasteiger partial charge in [0.05, 0.1) is 22.6 Å². The Balaban J connectivity index is 0.00000274. The summed E-state index contributed by atoms with van der Waals surface area (Å²) in [5.41, 5.74) is 4.37. The molecule has 0 aliphatic carbocycles. The third kappa shape index (κ3) is 4.38. The van der Waals surface area contributed by atoms with Gasteiger partial charge in [-0.3, -0.25) is 0 Å². The molecular weight excluding hydrogens is 463 g/mol. The molecule has 0 saturated heterocycles. The van der Waals surface area contributed by atoms with Crippen molar-refractivity contribution in [3.63, 3.8) is 0 Å². The van der Waals surface area contributed by atoms with Crippen molar-refractivity contribution in [2.45, 2.75) is 6.92 Å². The van der Waals surface area contributed by atoms with Crippen LogP contribution in [0, 0.1) is 29.9 Å². The first-order valence-electron chi connectivity index (χ1n) is 9.96. The van der Waals surface area contributed by atoms with E-state index in [2.05, 4.69) is 10.1 Å². The van der Waals surface area contributed by atoms with Crippen LogP contribution in [0.25, 0.3) is 39.3 Å². The molecule has 3 heterocycles. The van der Waals surface area contributed by atoms with Gasteiger partial charge in [0, 0.05) is 29.0 Å². The Hall–Kier alpha value is -3.00. The summed E-state index contributed by atoms with van der Waals surface area (Å²) in [5, 5.41) is 23.3. The molecule has 0 atom stereocenters. The summed E-state index contributed by atoms with van der Waals surface area (Å²) in [4.78, 5) is 8.85. The van der Waals surface area contributed by atoms with Crippen LogP contribution < -0.4 is 0 Å². The van der Waals surface area contributed by atoms with Gasteiger partial charge in [0.15, 0.2) is 5.65 Å². The van der Waals surface area contributed by atoms with Crippen LogP contribution in [0.4, 0.5) is 8.78 Å². The van der Waals surface area contributed by atoms with Crippen LogP contribution in [0.1, 0.15) is 11.4 Å². The second-order valence-corrected chi connectivity index (χ2v) is 7.44. The van der Waals surface area contributed by atoms with Gasteiger partial charge in [-0.2, -0.15) is 10.4 Å². The van der Waals surface area contributed by atoms with Crippen molar-refractivity contribution in [1.82, 2.24) is 19.6 Å². The predicted octanol–water partition coefficient (Wildman–Crippen LogP) is 4.64. The fourth-order valence-electron chi connectivity index (χ4n) is 3.73. The first-order valence-corrected chi connectivity index (χ1v) is 9.96. The van der Waals surface area contributed by atoms with Gasteiger partial charge in [-0.25, -0.2) is 23.3 Å². The number of phenolic OH excluding ortho intramolecular Hbond substituents is 1. The van der Waals surface area contributed by atoms with Gasteiger partial charge >= 0.3 is 51.4 Å². The van der Waals surface area contributed by atoms with E-state index in [0.717, 1.165) is 11.6 Å². The van der Waals surface area contributed by atoms with E-state index in [9.17, 15) is 13.9 Å². The zero-order valence-electron chi connectivity index (χ0n) is 17.3. The number of rotatable bonds is 3. The Morgan fingerprint density at radius 2 is 1.71 bits per heavy atom. The first kappa shape index (κ1) is 24.1. The molecule has 0 amide bonds. The standard InChI is InChI=1S/C25H15F2N5O.K.H/c1-14-24(20-9-5-17(26)10-21(20)27)25-30-22(16-2-6-18(12-28)29-13-16)11-23(32(25)31-14)15-3-7-19(33)8-4-15;;/h2-11,13,33H,1H3;;. The number of phenols is 1. The quantitative estimate of drug-likeness (QED) is 0.381. The molecule has 34 heavy (non-hydrogen) atoms. The summed E-state index contributed by atoms with van der Waals surface area (Å²) in [6, 6.07) is 17.1. The SMILES string of the molecule is Cc1nn2c(-c3ccc(O)cc3)cc(-c3ccc(C#N)nc3)nc2c1-c1ccc(F)cc1F.[KH]. The van der Waals surface area contributed by atoms with Crippen LogP contribution in [0.5, 0.6) is 5.75 Å². The van der Waals surface area contributed by atoms with Crippen molar-refractivity contribution >= 4 is 57.0 Å². The fourth-order valence-corrected chi connectivity index (χ4v) is 3.73. The van der Waals surface area contributed by atoms with E-state index in [0.29, 0.717) is 33.9 Å². The van der Waals surface area contributed by atoms with Crippen LogP contribution in [0.3, 0.4) is 0 Å². The van der Waals surface area contributed by atoms with Gasteiger partial charge in [0.25, 0.3) is 0 Å². The van der Waals surface area contributed by atoms with E-state index >= 15 is 0 Å². The average molecular weight is 480 g/mol. The molecular formula is C25H16F2KN5O. The number of aromatic hydroxyl groups is 1. The summed E-state index contributed by atoms with van der Waals surface area (Å²) in [6.45, 7) is 1.73. The molecule has 0 unspecified atom stereocenters. The van der Waals surface area contributed by atoms with Crippen molar-refractivity contribution < 1.29 is 13.9 Å². The van der Waals surface area contributed by atoms with Gasteiger partial charge in [0.1, 0.15) is 29.1 Å². The van der Waals surface area contributed by atoms with E-state index in [1.165, 1.54) is 12.1 Å². The average Bonchev–Trinajstić information content (AvgIpc) is 3.15. The second kappa shape index (κ2) is 9.70. The maximum atomic E-state index is 14.7. The Morgan fingerprint density at radius 1 is 0.971 bits per heavy atom. The summed E-state index contributed by atoms with van der Waals surface area (Å²) < 4.78 is 29.9. The van der Waals surface area contributed by atoms with Crippen molar-refractivity contribution in [3.05, 3.63) is 89.9 Å². The molecule has 0 aliphatic rings. The van der Waals surface area contributed by atoms with Gasteiger partial charge in [-0.15, -0.1) is 0 Å². The van der Waals surface area contributed by atoms with Gasteiger partial charge in [0.2, 0.25) is 0 Å². The molecule has 3 aromatic heterocycles. The number of nitrogens with zero attached hydrogens (tertiary/aromatic N) is 5. The fraction of sp³-hybridized carbons (Fsp3) is 0.0400. The molecule has 1 N–H and O–H groups in total. The minimum absolute atomic E-state index is 0. The van der Waals surface area contributed by atoms with Gasteiger partial charge in [-0.1, -0.05) is 0 Å². The number of hydrogen-bond donors (Lipinski definition) is 1. The number of hydrogen-bond acceptors (Lipinski definition) is 5. The molecule has 0 spiro atoms. The van der Waals surface area contributed by atoms with Crippen LogP contribution in [-0.2, 0) is 0 Å². The Morgan fingerprint density at radius 3 is 2.35 bits per heavy atom. The van der Waals surface area contributed by atoms with Crippen molar-refractivity contribution in [2.24, 2.45) is 0 Å². The zero-order valence-corrected chi connectivity index (χ0v) is 17.3. The van der Waals surface area contributed by atoms with E-state index < -0.39 is 11.6 Å². The molecule has 9 heteroatoms. The summed E-state index contributed by atoms with van der Waals surface area (Å²) in [6.07, 6.45) is 1.54. The molecule has 0 fully saturated rings. The minimum atomic E-state index is -0.716. The first-order chi connectivity index (χ1) is 15.9. The molecule has 5 aromatic rings. The molecule has 0 aliphatic heterocycles. The number of benzene rings is 2. The molecule has 6 nitrogen and oxygen atoms in total. The van der Waals surface area contributed by atoms with Crippen LogP contribution >= 0.6 is 0 Å². The second-order valence-electron chi connectivity index (χ2n) is 7.44. The number of aromatic nitrogens is 4. The van der Waals surface area contributed by atoms with E-state index in [1.54, 1.807) is 60.1 Å².